The van der Waals surface area contributed by atoms with Crippen molar-refractivity contribution in [2.45, 2.75) is 19.1 Å². The predicted octanol–water partition coefficient (Wildman–Crippen LogP) is 0.154. The molecule has 2 aliphatic rings. The molecule has 0 aromatic carbocycles. The third-order valence-electron chi connectivity index (χ3n) is 3.22. The molecular formula is C11H16O4. The van der Waals surface area contributed by atoms with Gasteiger partial charge < -0.3 is 14.6 Å². The van der Waals surface area contributed by atoms with E-state index >= 15 is 0 Å². The monoisotopic (exact) mass is 212 g/mol. The van der Waals surface area contributed by atoms with Crippen molar-refractivity contribution in [3.63, 3.8) is 0 Å². The zero-order chi connectivity index (χ0) is 11.0. The minimum Gasteiger partial charge on any atom is -0.386 e. The molecule has 0 amide bonds. The van der Waals surface area contributed by atoms with Crippen molar-refractivity contribution in [2.75, 3.05) is 20.3 Å². The summed E-state index contributed by atoms with van der Waals surface area (Å²) in [7, 11) is 1.61. The maximum Gasteiger partial charge on any atom is 0.164 e. The lowest BCUT2D eigenvalue weighted by Gasteiger charge is -2.33. The largest absolute Gasteiger partial charge is 0.386 e. The van der Waals surface area contributed by atoms with Gasteiger partial charge in [-0.1, -0.05) is 6.08 Å². The van der Waals surface area contributed by atoms with E-state index < -0.39 is 6.10 Å². The Labute approximate surface area is 88.9 Å². The van der Waals surface area contributed by atoms with Gasteiger partial charge in [-0.2, -0.15) is 0 Å². The van der Waals surface area contributed by atoms with Crippen LogP contribution in [0.2, 0.25) is 0 Å². The summed E-state index contributed by atoms with van der Waals surface area (Å²) in [5.74, 6) is -0.119. The third kappa shape index (κ3) is 1.73. The number of aliphatic hydroxyl groups is 1. The van der Waals surface area contributed by atoms with E-state index in [1.54, 1.807) is 7.11 Å². The molecule has 1 aliphatic carbocycles. The number of hydrogen-bond acceptors (Lipinski definition) is 4. The molecule has 0 spiro atoms. The van der Waals surface area contributed by atoms with Crippen molar-refractivity contribution >= 4 is 5.78 Å². The summed E-state index contributed by atoms with van der Waals surface area (Å²) in [6.07, 6.45) is 0.916. The molecule has 1 fully saturated rings. The molecule has 0 bridgehead atoms. The molecule has 1 heterocycles. The maximum absolute atomic E-state index is 11.6. The zero-order valence-electron chi connectivity index (χ0n) is 8.97. The summed E-state index contributed by atoms with van der Waals surface area (Å²) in [6.45, 7) is 2.48. The molecule has 0 unspecified atom stereocenters. The van der Waals surface area contributed by atoms with E-state index in [0.29, 0.717) is 6.61 Å². The molecule has 0 saturated carbocycles. The quantitative estimate of drug-likeness (QED) is 0.662. The smallest absolute Gasteiger partial charge is 0.164 e. The number of carbonyl (C=O) groups excluding carboxylic acids is 1. The van der Waals surface area contributed by atoms with Gasteiger partial charge in [0.2, 0.25) is 0 Å². The van der Waals surface area contributed by atoms with Gasteiger partial charge in [0.1, 0.15) is 12.7 Å². The van der Waals surface area contributed by atoms with Crippen LogP contribution in [-0.4, -0.2) is 43.4 Å². The molecular weight excluding hydrogens is 196 g/mol. The molecule has 4 heteroatoms. The fraction of sp³-hybridized carbons (Fsp3) is 0.727. The summed E-state index contributed by atoms with van der Waals surface area (Å²) in [5.41, 5.74) is 0.869. The van der Waals surface area contributed by atoms with Crippen molar-refractivity contribution in [1.29, 1.82) is 0 Å². The van der Waals surface area contributed by atoms with E-state index in [0.717, 1.165) is 5.57 Å². The van der Waals surface area contributed by atoms with Crippen molar-refractivity contribution in [2.24, 2.45) is 11.8 Å². The Hall–Kier alpha value is -0.710. The molecule has 1 N–H and O–H groups in total. The molecule has 84 valence electrons. The van der Waals surface area contributed by atoms with Gasteiger partial charge in [0.15, 0.2) is 5.78 Å². The van der Waals surface area contributed by atoms with Gasteiger partial charge in [-0.25, -0.2) is 0 Å². The second-order valence-corrected chi connectivity index (χ2v) is 4.24. The first-order valence-electron chi connectivity index (χ1n) is 5.14. The molecule has 4 nitrogen and oxygen atoms in total. The van der Waals surface area contributed by atoms with Gasteiger partial charge in [0.05, 0.1) is 18.6 Å². The maximum atomic E-state index is 11.6. The topological polar surface area (TPSA) is 55.8 Å². The van der Waals surface area contributed by atoms with Crippen LogP contribution >= 0.6 is 0 Å². The Kier molecular flexibility index (Phi) is 2.91. The molecule has 2 rings (SSSR count). The third-order valence-corrected chi connectivity index (χ3v) is 3.22. The molecule has 15 heavy (non-hydrogen) atoms. The standard InChI is InChI=1S/C11H16O4/c1-6-3-7(4-14-2)9-8(12)5-15-11(9)10(6)13/h3,7,9-11,13H,4-5H2,1-2H3/t7-,9+,10+,11-/m0/s1. The van der Waals surface area contributed by atoms with Crippen LogP contribution < -0.4 is 0 Å². The van der Waals surface area contributed by atoms with Gasteiger partial charge in [0, 0.05) is 13.0 Å². The number of methoxy groups -OCH3 is 1. The SMILES string of the molecule is COC[C@@H]1C=C(C)[C@@H](O)[C@H]2OCC(=O)[C@H]21. The number of Topliss-reactive ketones (excluding diaryl/α,β-unsaturated/α-hetero) is 1. The van der Waals surface area contributed by atoms with Crippen LogP contribution in [-0.2, 0) is 14.3 Å². The average Bonchev–Trinajstić information content (AvgIpc) is 2.57. The number of hydrogen-bond donors (Lipinski definition) is 1. The average molecular weight is 212 g/mol. The molecule has 0 aromatic heterocycles. The molecule has 0 radical (unpaired) electrons. The van der Waals surface area contributed by atoms with E-state index in [1.165, 1.54) is 0 Å². The number of aliphatic hydroxyl groups excluding tert-OH is 1. The molecule has 0 aromatic rings. The second-order valence-electron chi connectivity index (χ2n) is 4.24. The molecule has 1 aliphatic heterocycles. The van der Waals surface area contributed by atoms with Crippen LogP contribution in [0.4, 0.5) is 0 Å². The lowest BCUT2D eigenvalue weighted by molar-refractivity contribution is -0.122. The minimum atomic E-state index is -0.644. The van der Waals surface area contributed by atoms with Crippen LogP contribution in [0.25, 0.3) is 0 Å². The Bertz CT molecular complexity index is 297. The number of ketones is 1. The van der Waals surface area contributed by atoms with Gasteiger partial charge in [-0.05, 0) is 12.5 Å². The van der Waals surface area contributed by atoms with Crippen molar-refractivity contribution in [3.05, 3.63) is 11.6 Å². The highest BCUT2D eigenvalue weighted by Gasteiger charge is 2.47. The summed E-state index contributed by atoms with van der Waals surface area (Å²) >= 11 is 0. The Morgan fingerprint density at radius 2 is 2.40 bits per heavy atom. The Balaban J connectivity index is 2.26. The van der Waals surface area contributed by atoms with E-state index in [4.69, 9.17) is 9.47 Å². The highest BCUT2D eigenvalue weighted by Crippen LogP contribution is 2.36. The lowest BCUT2D eigenvalue weighted by atomic mass is 9.77. The Morgan fingerprint density at radius 3 is 3.07 bits per heavy atom. The highest BCUT2D eigenvalue weighted by atomic mass is 16.5. The van der Waals surface area contributed by atoms with Crippen LogP contribution in [0.5, 0.6) is 0 Å². The summed E-state index contributed by atoms with van der Waals surface area (Å²) < 4.78 is 10.4. The van der Waals surface area contributed by atoms with Gasteiger partial charge in [-0.15, -0.1) is 0 Å². The summed E-state index contributed by atoms with van der Waals surface area (Å²) in [6, 6.07) is 0. The fourth-order valence-electron chi connectivity index (χ4n) is 2.47. The van der Waals surface area contributed by atoms with E-state index in [-0.39, 0.29) is 30.3 Å². The molecule has 4 atom stereocenters. The van der Waals surface area contributed by atoms with Crippen LogP contribution in [0.1, 0.15) is 6.92 Å². The highest BCUT2D eigenvalue weighted by molar-refractivity contribution is 5.85. The van der Waals surface area contributed by atoms with Crippen LogP contribution in [0.3, 0.4) is 0 Å². The minimum absolute atomic E-state index is 0.0402. The van der Waals surface area contributed by atoms with E-state index in [9.17, 15) is 9.90 Å². The van der Waals surface area contributed by atoms with E-state index in [2.05, 4.69) is 0 Å². The number of fused-ring (bicyclic) bond motifs is 1. The number of ether oxygens (including phenoxy) is 2. The first kappa shape index (κ1) is 10.8. The lowest BCUT2D eigenvalue weighted by Crippen LogP contribution is -2.42. The van der Waals surface area contributed by atoms with Crippen molar-refractivity contribution < 1.29 is 19.4 Å². The van der Waals surface area contributed by atoms with Gasteiger partial charge in [0.25, 0.3) is 0 Å². The second kappa shape index (κ2) is 4.04. The van der Waals surface area contributed by atoms with Gasteiger partial charge in [-0.3, -0.25) is 4.79 Å². The number of carbonyl (C=O) groups is 1. The van der Waals surface area contributed by atoms with Crippen LogP contribution in [0.15, 0.2) is 11.6 Å². The normalized spacial score (nSPS) is 40.2. The fourth-order valence-corrected chi connectivity index (χ4v) is 2.47. The van der Waals surface area contributed by atoms with Gasteiger partial charge >= 0.3 is 0 Å². The summed E-state index contributed by atoms with van der Waals surface area (Å²) in [4.78, 5) is 11.6. The van der Waals surface area contributed by atoms with E-state index in [1.807, 2.05) is 13.0 Å². The zero-order valence-corrected chi connectivity index (χ0v) is 8.97. The number of rotatable bonds is 2. The molecule has 1 saturated heterocycles. The first-order valence-corrected chi connectivity index (χ1v) is 5.14. The Morgan fingerprint density at radius 1 is 1.67 bits per heavy atom. The van der Waals surface area contributed by atoms with Crippen molar-refractivity contribution in [3.8, 4) is 0 Å². The summed E-state index contributed by atoms with van der Waals surface area (Å²) in [5, 5.41) is 9.87. The van der Waals surface area contributed by atoms with Crippen molar-refractivity contribution in [1.82, 2.24) is 0 Å². The predicted molar refractivity (Wildman–Crippen MR) is 53.4 cm³/mol. The first-order chi connectivity index (χ1) is 7.15. The van der Waals surface area contributed by atoms with Crippen LogP contribution in [0, 0.1) is 11.8 Å².